The van der Waals surface area contributed by atoms with E-state index in [0.717, 1.165) is 52.9 Å². The summed E-state index contributed by atoms with van der Waals surface area (Å²) in [6.07, 6.45) is 5.22. The average molecular weight is 432 g/mol. The Morgan fingerprint density at radius 2 is 1.88 bits per heavy atom. The summed E-state index contributed by atoms with van der Waals surface area (Å²) in [5.41, 5.74) is 3.21. The molecule has 0 radical (unpaired) electrons. The van der Waals surface area contributed by atoms with Crippen LogP contribution in [0, 0.1) is 13.8 Å². The highest BCUT2D eigenvalue weighted by Crippen LogP contribution is 2.33. The number of hydrogen-bond acceptors (Lipinski definition) is 9. The molecule has 0 bridgehead atoms. The Hall–Kier alpha value is -3.72. The number of morpholine rings is 1. The Morgan fingerprint density at radius 3 is 2.62 bits per heavy atom. The van der Waals surface area contributed by atoms with Gasteiger partial charge >= 0.3 is 0 Å². The first kappa shape index (κ1) is 20.2. The van der Waals surface area contributed by atoms with Crippen molar-refractivity contribution in [1.29, 1.82) is 0 Å². The number of hydrogen-bond donors (Lipinski definition) is 1. The van der Waals surface area contributed by atoms with Crippen molar-refractivity contribution >= 4 is 11.9 Å². The summed E-state index contributed by atoms with van der Waals surface area (Å²) in [5.74, 6) is 3.65. The number of rotatable bonds is 6. The molecule has 5 heterocycles. The molecule has 9 heteroatoms. The molecule has 0 aliphatic carbocycles. The predicted octanol–water partition coefficient (Wildman–Crippen LogP) is 3.85. The van der Waals surface area contributed by atoms with Crippen LogP contribution < -0.4 is 10.2 Å². The van der Waals surface area contributed by atoms with Crippen molar-refractivity contribution in [3.8, 4) is 22.5 Å². The van der Waals surface area contributed by atoms with Crippen LogP contribution in [0.5, 0.6) is 0 Å². The van der Waals surface area contributed by atoms with Gasteiger partial charge in [0.1, 0.15) is 17.3 Å². The molecule has 0 aromatic carbocycles. The lowest BCUT2D eigenvalue weighted by Gasteiger charge is -2.26. The van der Waals surface area contributed by atoms with Gasteiger partial charge in [-0.1, -0.05) is 0 Å². The first-order valence-corrected chi connectivity index (χ1v) is 10.5. The van der Waals surface area contributed by atoms with E-state index < -0.39 is 0 Å². The van der Waals surface area contributed by atoms with Gasteiger partial charge in [0.25, 0.3) is 0 Å². The molecule has 5 rings (SSSR count). The summed E-state index contributed by atoms with van der Waals surface area (Å²) in [7, 11) is 0. The van der Waals surface area contributed by atoms with Crippen LogP contribution in [0.15, 0.2) is 51.8 Å². The van der Waals surface area contributed by atoms with Crippen molar-refractivity contribution in [2.24, 2.45) is 0 Å². The van der Waals surface area contributed by atoms with E-state index in [2.05, 4.69) is 20.2 Å². The van der Waals surface area contributed by atoms with Crippen LogP contribution in [-0.4, -0.2) is 46.2 Å². The monoisotopic (exact) mass is 432 g/mol. The zero-order valence-electron chi connectivity index (χ0n) is 18.0. The Morgan fingerprint density at radius 1 is 1.00 bits per heavy atom. The number of furan rings is 2. The number of aromatic nitrogens is 4. The number of ether oxygens (including phenoxy) is 1. The molecular formula is C23H24N6O3. The molecule has 9 nitrogen and oxygen atoms in total. The van der Waals surface area contributed by atoms with E-state index in [1.165, 1.54) is 0 Å². The Balaban J connectivity index is 1.49. The van der Waals surface area contributed by atoms with Crippen LogP contribution in [0.3, 0.4) is 0 Å². The van der Waals surface area contributed by atoms with Gasteiger partial charge in [-0.25, -0.2) is 19.9 Å². The molecule has 4 aromatic heterocycles. The maximum absolute atomic E-state index is 5.63. The van der Waals surface area contributed by atoms with Crippen molar-refractivity contribution in [2.45, 2.75) is 20.4 Å². The summed E-state index contributed by atoms with van der Waals surface area (Å²) in [6, 6.07) is 7.65. The normalized spacial score (nSPS) is 14.0. The lowest BCUT2D eigenvalue weighted by atomic mass is 10.1. The van der Waals surface area contributed by atoms with Gasteiger partial charge in [0.2, 0.25) is 11.9 Å². The molecule has 4 aromatic rings. The van der Waals surface area contributed by atoms with Crippen LogP contribution in [0.1, 0.15) is 17.3 Å². The third-order valence-corrected chi connectivity index (χ3v) is 5.33. The number of aryl methyl sites for hydroxylation is 2. The first-order valence-electron chi connectivity index (χ1n) is 10.5. The van der Waals surface area contributed by atoms with Crippen molar-refractivity contribution < 1.29 is 13.6 Å². The van der Waals surface area contributed by atoms with Crippen LogP contribution in [0.4, 0.5) is 11.9 Å². The van der Waals surface area contributed by atoms with Crippen LogP contribution in [0.2, 0.25) is 0 Å². The van der Waals surface area contributed by atoms with Gasteiger partial charge in [0, 0.05) is 36.6 Å². The molecule has 0 atom stereocenters. The van der Waals surface area contributed by atoms with Gasteiger partial charge in [-0.05, 0) is 38.1 Å². The lowest BCUT2D eigenvalue weighted by molar-refractivity contribution is 0.122. The van der Waals surface area contributed by atoms with Gasteiger partial charge in [0.05, 0.1) is 37.4 Å². The van der Waals surface area contributed by atoms with E-state index in [1.54, 1.807) is 18.7 Å². The summed E-state index contributed by atoms with van der Waals surface area (Å²) in [4.78, 5) is 20.7. The minimum absolute atomic E-state index is 0.492. The SMILES string of the molecule is Cc1ccc(CNc2ncc(-c3ccnc(N4CCOCC4)n3)c(-c3ccoc3C)n2)o1. The second kappa shape index (κ2) is 8.80. The zero-order chi connectivity index (χ0) is 21.9. The molecule has 0 spiro atoms. The Labute approximate surface area is 185 Å². The Bertz CT molecular complexity index is 1210. The number of nitrogens with zero attached hydrogens (tertiary/aromatic N) is 5. The topological polar surface area (TPSA) is 102 Å². The largest absolute Gasteiger partial charge is 0.469 e. The predicted molar refractivity (Wildman–Crippen MR) is 119 cm³/mol. The van der Waals surface area contributed by atoms with Crippen molar-refractivity contribution in [3.63, 3.8) is 0 Å². The van der Waals surface area contributed by atoms with E-state index in [4.69, 9.17) is 23.5 Å². The van der Waals surface area contributed by atoms with E-state index in [-0.39, 0.29) is 0 Å². The third kappa shape index (κ3) is 4.19. The highest BCUT2D eigenvalue weighted by molar-refractivity contribution is 5.80. The molecule has 1 aliphatic heterocycles. The summed E-state index contributed by atoms with van der Waals surface area (Å²) in [5, 5.41) is 3.24. The van der Waals surface area contributed by atoms with E-state index in [1.807, 2.05) is 38.1 Å². The van der Waals surface area contributed by atoms with Crippen LogP contribution in [-0.2, 0) is 11.3 Å². The molecule has 0 unspecified atom stereocenters. The molecule has 164 valence electrons. The molecule has 0 saturated carbocycles. The highest BCUT2D eigenvalue weighted by atomic mass is 16.5. The highest BCUT2D eigenvalue weighted by Gasteiger charge is 2.19. The smallest absolute Gasteiger partial charge is 0.226 e. The molecule has 1 fully saturated rings. The fourth-order valence-corrected chi connectivity index (χ4v) is 3.65. The van der Waals surface area contributed by atoms with Crippen LogP contribution >= 0.6 is 0 Å². The standard InChI is InChI=1S/C23H24N6O3/c1-15-3-4-17(32-15)13-25-22-26-14-19(21(28-22)18-6-10-31-16(18)2)20-5-7-24-23(27-20)29-8-11-30-12-9-29/h3-7,10,14H,8-9,11-13H2,1-2H3,(H,25,26,28). The molecule has 0 amide bonds. The van der Waals surface area contributed by atoms with Crippen molar-refractivity contribution in [3.05, 3.63) is 60.2 Å². The van der Waals surface area contributed by atoms with Gasteiger partial charge in [-0.2, -0.15) is 0 Å². The van der Waals surface area contributed by atoms with Gasteiger partial charge in [0.15, 0.2) is 0 Å². The maximum Gasteiger partial charge on any atom is 0.226 e. The third-order valence-electron chi connectivity index (χ3n) is 5.33. The van der Waals surface area contributed by atoms with E-state index in [9.17, 15) is 0 Å². The van der Waals surface area contributed by atoms with Gasteiger partial charge in [-0.15, -0.1) is 0 Å². The van der Waals surface area contributed by atoms with E-state index >= 15 is 0 Å². The summed E-state index contributed by atoms with van der Waals surface area (Å²) < 4.78 is 16.6. The summed E-state index contributed by atoms with van der Waals surface area (Å²) in [6.45, 7) is 7.20. The molecule has 1 aliphatic rings. The number of nitrogens with one attached hydrogen (secondary N) is 1. The minimum Gasteiger partial charge on any atom is -0.469 e. The lowest BCUT2D eigenvalue weighted by Crippen LogP contribution is -2.37. The molecular weight excluding hydrogens is 408 g/mol. The average Bonchev–Trinajstić information content (AvgIpc) is 3.46. The van der Waals surface area contributed by atoms with Crippen LogP contribution in [0.25, 0.3) is 22.5 Å². The molecule has 1 N–H and O–H groups in total. The van der Waals surface area contributed by atoms with E-state index in [0.29, 0.717) is 31.7 Å². The van der Waals surface area contributed by atoms with Crippen molar-refractivity contribution in [2.75, 3.05) is 36.5 Å². The zero-order valence-corrected chi connectivity index (χ0v) is 18.0. The minimum atomic E-state index is 0.492. The Kier molecular flexibility index (Phi) is 5.55. The molecule has 1 saturated heterocycles. The second-order valence-electron chi connectivity index (χ2n) is 7.55. The maximum atomic E-state index is 5.63. The fraction of sp³-hybridized carbons (Fsp3) is 0.304. The second-order valence-corrected chi connectivity index (χ2v) is 7.55. The molecule has 32 heavy (non-hydrogen) atoms. The number of anilines is 2. The van der Waals surface area contributed by atoms with Gasteiger partial charge < -0.3 is 23.8 Å². The fourth-order valence-electron chi connectivity index (χ4n) is 3.65. The quantitative estimate of drug-likeness (QED) is 0.486. The first-order chi connectivity index (χ1) is 15.7. The summed E-state index contributed by atoms with van der Waals surface area (Å²) >= 11 is 0. The van der Waals surface area contributed by atoms with Crippen molar-refractivity contribution in [1.82, 2.24) is 19.9 Å². The van der Waals surface area contributed by atoms with Gasteiger partial charge in [-0.3, -0.25) is 0 Å².